The highest BCUT2D eigenvalue weighted by Crippen LogP contribution is 2.30. The first-order valence-corrected chi connectivity index (χ1v) is 7.56. The van der Waals surface area contributed by atoms with Gasteiger partial charge in [-0.3, -0.25) is 0 Å². The summed E-state index contributed by atoms with van der Waals surface area (Å²) in [5.41, 5.74) is 1.87. The maximum absolute atomic E-state index is 13.5. The van der Waals surface area contributed by atoms with E-state index in [9.17, 15) is 9.18 Å². The normalized spacial score (nSPS) is 10.2. The van der Waals surface area contributed by atoms with E-state index < -0.39 is 0 Å². The van der Waals surface area contributed by atoms with Gasteiger partial charge in [0.05, 0.1) is 14.2 Å². The molecule has 2 aromatic carbocycles. The Hall–Kier alpha value is -2.76. The van der Waals surface area contributed by atoms with E-state index in [1.807, 2.05) is 18.2 Å². The lowest BCUT2D eigenvalue weighted by molar-refractivity contribution is 0.252. The minimum atomic E-state index is -0.389. The number of urea groups is 1. The first-order chi connectivity index (χ1) is 11.5. The highest BCUT2D eigenvalue weighted by atomic mass is 19.1. The third kappa shape index (κ3) is 4.38. The summed E-state index contributed by atoms with van der Waals surface area (Å²) in [5, 5.41) is 5.34. The summed E-state index contributed by atoms with van der Waals surface area (Å²) in [4.78, 5) is 11.9. The summed E-state index contributed by atoms with van der Waals surface area (Å²) in [6, 6.07) is 9.77. The van der Waals surface area contributed by atoms with Crippen LogP contribution in [0.15, 0.2) is 36.4 Å². The van der Waals surface area contributed by atoms with Crippen LogP contribution in [-0.4, -0.2) is 26.8 Å². The molecule has 0 aliphatic heterocycles. The van der Waals surface area contributed by atoms with Gasteiger partial charge in [0.2, 0.25) is 0 Å². The fourth-order valence-corrected chi connectivity index (χ4v) is 2.31. The number of ether oxygens (including phenoxy) is 2. The van der Waals surface area contributed by atoms with Gasteiger partial charge in [-0.1, -0.05) is 18.2 Å². The predicted octanol–water partition coefficient (Wildman–Crippen LogP) is 3.52. The van der Waals surface area contributed by atoms with E-state index in [-0.39, 0.29) is 11.8 Å². The van der Waals surface area contributed by atoms with Gasteiger partial charge in [0.15, 0.2) is 11.5 Å². The fraction of sp³-hybridized carbons (Fsp3) is 0.278. The summed E-state index contributed by atoms with van der Waals surface area (Å²) in [6.07, 6.45) is 0.579. The second-order valence-corrected chi connectivity index (χ2v) is 5.25. The van der Waals surface area contributed by atoms with Gasteiger partial charge in [-0.2, -0.15) is 0 Å². The van der Waals surface area contributed by atoms with E-state index in [1.165, 1.54) is 6.07 Å². The molecule has 0 heterocycles. The van der Waals surface area contributed by atoms with Crippen LogP contribution in [0.25, 0.3) is 0 Å². The van der Waals surface area contributed by atoms with Gasteiger partial charge in [-0.25, -0.2) is 9.18 Å². The molecule has 0 saturated heterocycles. The van der Waals surface area contributed by atoms with Gasteiger partial charge in [0, 0.05) is 12.2 Å². The number of methoxy groups -OCH3 is 2. The lowest BCUT2D eigenvalue weighted by atomic mass is 10.1. The molecule has 2 N–H and O–H groups in total. The number of carbonyl (C=O) groups excluding carboxylic acids is 1. The van der Waals surface area contributed by atoms with E-state index in [0.29, 0.717) is 35.7 Å². The Morgan fingerprint density at radius 2 is 1.96 bits per heavy atom. The molecule has 0 atom stereocenters. The number of hydrogen-bond donors (Lipinski definition) is 2. The van der Waals surface area contributed by atoms with Gasteiger partial charge in [0.1, 0.15) is 5.82 Å². The summed E-state index contributed by atoms with van der Waals surface area (Å²) < 4.78 is 24.1. The minimum absolute atomic E-state index is 0.353. The third-order valence-corrected chi connectivity index (χ3v) is 3.59. The number of hydrogen-bond acceptors (Lipinski definition) is 3. The molecule has 24 heavy (non-hydrogen) atoms. The van der Waals surface area contributed by atoms with Crippen LogP contribution < -0.4 is 20.1 Å². The lowest BCUT2D eigenvalue weighted by Crippen LogP contribution is -2.30. The molecule has 128 valence electrons. The van der Waals surface area contributed by atoms with Crippen LogP contribution in [0.3, 0.4) is 0 Å². The van der Waals surface area contributed by atoms with Gasteiger partial charge >= 0.3 is 6.03 Å². The molecule has 2 rings (SSSR count). The number of carbonyl (C=O) groups is 1. The van der Waals surface area contributed by atoms with Crippen LogP contribution in [0.2, 0.25) is 0 Å². The quantitative estimate of drug-likeness (QED) is 0.851. The first-order valence-electron chi connectivity index (χ1n) is 7.56. The van der Waals surface area contributed by atoms with Crippen LogP contribution >= 0.6 is 0 Å². The van der Waals surface area contributed by atoms with E-state index in [4.69, 9.17) is 9.47 Å². The van der Waals surface area contributed by atoms with Gasteiger partial charge in [-0.15, -0.1) is 0 Å². The Bertz CT molecular complexity index is 719. The van der Waals surface area contributed by atoms with Crippen molar-refractivity contribution in [3.63, 3.8) is 0 Å². The zero-order valence-electron chi connectivity index (χ0n) is 14.0. The molecule has 0 fully saturated rings. The van der Waals surface area contributed by atoms with Crippen LogP contribution in [0.5, 0.6) is 11.5 Å². The van der Waals surface area contributed by atoms with Crippen molar-refractivity contribution in [2.24, 2.45) is 0 Å². The highest BCUT2D eigenvalue weighted by Gasteiger charge is 2.10. The molecule has 0 saturated carbocycles. The summed E-state index contributed by atoms with van der Waals surface area (Å²) >= 11 is 0. The Labute approximate surface area is 140 Å². The number of benzene rings is 2. The van der Waals surface area contributed by atoms with Crippen LogP contribution in [0.1, 0.15) is 11.1 Å². The monoisotopic (exact) mass is 332 g/mol. The van der Waals surface area contributed by atoms with E-state index in [1.54, 1.807) is 33.3 Å². The van der Waals surface area contributed by atoms with Crippen LogP contribution in [0, 0.1) is 12.7 Å². The van der Waals surface area contributed by atoms with Gasteiger partial charge in [-0.05, 0) is 42.7 Å². The average molecular weight is 332 g/mol. The zero-order valence-corrected chi connectivity index (χ0v) is 14.0. The molecule has 0 bridgehead atoms. The topological polar surface area (TPSA) is 59.6 Å². The van der Waals surface area contributed by atoms with Crippen LogP contribution in [0.4, 0.5) is 14.9 Å². The smallest absolute Gasteiger partial charge is 0.319 e. The van der Waals surface area contributed by atoms with E-state index in [2.05, 4.69) is 10.6 Å². The van der Waals surface area contributed by atoms with E-state index in [0.717, 1.165) is 5.56 Å². The van der Waals surface area contributed by atoms with Crippen LogP contribution in [-0.2, 0) is 6.42 Å². The van der Waals surface area contributed by atoms with E-state index >= 15 is 0 Å². The first kappa shape index (κ1) is 17.6. The Kier molecular flexibility index (Phi) is 6.01. The fourth-order valence-electron chi connectivity index (χ4n) is 2.31. The maximum Gasteiger partial charge on any atom is 0.319 e. The number of anilines is 1. The molecule has 0 unspecified atom stereocenters. The molecule has 0 radical (unpaired) electrons. The van der Waals surface area contributed by atoms with Gasteiger partial charge in [0.25, 0.3) is 0 Å². The van der Waals surface area contributed by atoms with Crippen molar-refractivity contribution in [1.29, 1.82) is 0 Å². The zero-order chi connectivity index (χ0) is 17.5. The Morgan fingerprint density at radius 3 is 2.62 bits per heavy atom. The number of rotatable bonds is 6. The van der Waals surface area contributed by atoms with Crippen molar-refractivity contribution in [3.05, 3.63) is 53.3 Å². The maximum atomic E-state index is 13.5. The lowest BCUT2D eigenvalue weighted by Gasteiger charge is -2.13. The Balaban J connectivity index is 1.90. The molecular weight excluding hydrogens is 311 g/mol. The van der Waals surface area contributed by atoms with Crippen molar-refractivity contribution >= 4 is 11.7 Å². The number of aryl methyl sites for hydroxylation is 1. The second kappa shape index (κ2) is 8.19. The van der Waals surface area contributed by atoms with Crippen molar-refractivity contribution in [3.8, 4) is 11.5 Å². The number of para-hydroxylation sites is 1. The predicted molar refractivity (Wildman–Crippen MR) is 91.4 cm³/mol. The molecule has 0 aliphatic carbocycles. The summed E-state index contributed by atoms with van der Waals surface area (Å²) in [5.74, 6) is 0.950. The SMILES string of the molecule is COc1cccc(CCNC(=O)Nc2ccc(C)c(F)c2)c1OC. The largest absolute Gasteiger partial charge is 0.493 e. The van der Waals surface area contributed by atoms with Crippen molar-refractivity contribution in [2.75, 3.05) is 26.1 Å². The highest BCUT2D eigenvalue weighted by molar-refractivity contribution is 5.89. The number of halogens is 1. The van der Waals surface area contributed by atoms with Crippen molar-refractivity contribution in [1.82, 2.24) is 5.32 Å². The standard InChI is InChI=1S/C18H21FN2O3/c1-12-7-8-14(11-15(12)19)21-18(22)20-10-9-13-5-4-6-16(23-2)17(13)24-3/h4-8,11H,9-10H2,1-3H3,(H2,20,21,22). The molecule has 0 spiro atoms. The summed E-state index contributed by atoms with van der Waals surface area (Å²) in [6.45, 7) is 2.07. The molecule has 2 aromatic rings. The average Bonchev–Trinajstić information content (AvgIpc) is 2.57. The van der Waals surface area contributed by atoms with Crippen molar-refractivity contribution < 1.29 is 18.7 Å². The molecule has 0 aromatic heterocycles. The Morgan fingerprint density at radius 1 is 1.17 bits per heavy atom. The minimum Gasteiger partial charge on any atom is -0.493 e. The summed E-state index contributed by atoms with van der Waals surface area (Å²) in [7, 11) is 3.15. The molecule has 2 amide bonds. The number of nitrogens with one attached hydrogen (secondary N) is 2. The number of amides is 2. The third-order valence-electron chi connectivity index (χ3n) is 3.59. The molecule has 6 heteroatoms. The van der Waals surface area contributed by atoms with Crippen molar-refractivity contribution in [2.45, 2.75) is 13.3 Å². The second-order valence-electron chi connectivity index (χ2n) is 5.25. The van der Waals surface area contributed by atoms with Gasteiger partial charge < -0.3 is 20.1 Å². The molecule has 0 aliphatic rings. The molecular formula is C18H21FN2O3. The molecule has 5 nitrogen and oxygen atoms in total.